The lowest BCUT2D eigenvalue weighted by atomic mass is 10.2. The molecule has 128 valence electrons. The highest BCUT2D eigenvalue weighted by molar-refractivity contribution is 5.74. The monoisotopic (exact) mass is 330 g/mol. The third-order valence-electron chi connectivity index (χ3n) is 4.52. The number of urea groups is 1. The summed E-state index contributed by atoms with van der Waals surface area (Å²) in [6.07, 6.45) is 3.74. The fraction of sp³-hybridized carbons (Fsp3) is 0.444. The topological polar surface area (TPSA) is 41.4 Å². The second-order valence-electron chi connectivity index (χ2n) is 6.50. The Morgan fingerprint density at radius 2 is 2.04 bits per heavy atom. The molecular weight excluding hydrogens is 307 g/mol. The molecule has 5 nitrogen and oxygen atoms in total. The van der Waals surface area contributed by atoms with Crippen LogP contribution in [0.4, 0.5) is 9.18 Å². The van der Waals surface area contributed by atoms with Gasteiger partial charge in [0.15, 0.2) is 0 Å². The molecule has 24 heavy (non-hydrogen) atoms. The van der Waals surface area contributed by atoms with E-state index in [1.807, 2.05) is 18.0 Å². The molecule has 3 rings (SSSR count). The number of likely N-dealkylation sites (tertiary alicyclic amines) is 1. The summed E-state index contributed by atoms with van der Waals surface area (Å²) in [5.41, 5.74) is 2.06. The highest BCUT2D eigenvalue weighted by Gasteiger charge is 2.34. The predicted molar refractivity (Wildman–Crippen MR) is 90.2 cm³/mol. The molecule has 0 radical (unpaired) electrons. The fourth-order valence-electron chi connectivity index (χ4n) is 3.24. The number of halogens is 1. The molecule has 1 aliphatic heterocycles. The second-order valence-corrected chi connectivity index (χ2v) is 6.50. The first-order valence-corrected chi connectivity index (χ1v) is 8.21. The van der Waals surface area contributed by atoms with Crippen molar-refractivity contribution in [3.05, 3.63) is 53.4 Å². The van der Waals surface area contributed by atoms with Crippen molar-refractivity contribution in [1.82, 2.24) is 19.4 Å². The Kier molecular flexibility index (Phi) is 4.55. The number of carbonyl (C=O) groups is 1. The molecule has 2 amide bonds. The second kappa shape index (κ2) is 6.63. The Morgan fingerprint density at radius 1 is 1.33 bits per heavy atom. The Hall–Kier alpha value is -2.37. The molecule has 1 unspecified atom stereocenters. The Labute approximate surface area is 141 Å². The van der Waals surface area contributed by atoms with E-state index in [9.17, 15) is 9.18 Å². The minimum atomic E-state index is -0.236. The first-order valence-electron chi connectivity index (χ1n) is 8.21. The summed E-state index contributed by atoms with van der Waals surface area (Å²) < 4.78 is 15.2. The number of aryl methyl sites for hydroxylation is 1. The molecule has 0 bridgehead atoms. The van der Waals surface area contributed by atoms with Crippen molar-refractivity contribution in [3.63, 3.8) is 0 Å². The van der Waals surface area contributed by atoms with Gasteiger partial charge in [0.2, 0.25) is 0 Å². The third kappa shape index (κ3) is 3.13. The van der Waals surface area contributed by atoms with Gasteiger partial charge < -0.3 is 14.4 Å². The summed E-state index contributed by atoms with van der Waals surface area (Å²) in [5, 5.41) is 0. The highest BCUT2D eigenvalue weighted by Crippen LogP contribution is 2.32. The molecule has 2 heterocycles. The van der Waals surface area contributed by atoms with Gasteiger partial charge in [-0.15, -0.1) is 0 Å². The predicted octanol–water partition coefficient (Wildman–Crippen LogP) is 3.20. The van der Waals surface area contributed by atoms with Crippen LogP contribution in [-0.2, 0) is 6.54 Å². The summed E-state index contributed by atoms with van der Waals surface area (Å²) in [6.45, 7) is 3.39. The zero-order valence-corrected chi connectivity index (χ0v) is 14.4. The van der Waals surface area contributed by atoms with Gasteiger partial charge in [0.05, 0.1) is 6.04 Å². The van der Waals surface area contributed by atoms with Crippen LogP contribution in [0.1, 0.15) is 36.0 Å². The van der Waals surface area contributed by atoms with Gasteiger partial charge in [0.1, 0.15) is 11.6 Å². The van der Waals surface area contributed by atoms with Gasteiger partial charge in [0.25, 0.3) is 0 Å². The largest absolute Gasteiger partial charge is 0.331 e. The van der Waals surface area contributed by atoms with E-state index in [2.05, 4.69) is 9.55 Å². The van der Waals surface area contributed by atoms with Crippen molar-refractivity contribution in [2.24, 2.45) is 0 Å². The van der Waals surface area contributed by atoms with Crippen LogP contribution in [0.5, 0.6) is 0 Å². The van der Waals surface area contributed by atoms with E-state index >= 15 is 0 Å². The van der Waals surface area contributed by atoms with E-state index in [0.29, 0.717) is 6.54 Å². The average molecular weight is 330 g/mol. The molecule has 0 spiro atoms. The van der Waals surface area contributed by atoms with Crippen LogP contribution in [0.15, 0.2) is 30.5 Å². The van der Waals surface area contributed by atoms with Crippen LogP contribution < -0.4 is 0 Å². The molecule has 1 atom stereocenters. The fourth-order valence-corrected chi connectivity index (χ4v) is 3.24. The van der Waals surface area contributed by atoms with Gasteiger partial charge in [0, 0.05) is 39.1 Å². The van der Waals surface area contributed by atoms with E-state index < -0.39 is 0 Å². The maximum absolute atomic E-state index is 13.1. The smallest absolute Gasteiger partial charge is 0.320 e. The van der Waals surface area contributed by atoms with Crippen LogP contribution in [0.25, 0.3) is 0 Å². The highest BCUT2D eigenvalue weighted by atomic mass is 19.1. The first kappa shape index (κ1) is 16.5. The maximum Gasteiger partial charge on any atom is 0.320 e. The lowest BCUT2D eigenvalue weighted by Crippen LogP contribution is -2.39. The number of rotatable bonds is 3. The summed E-state index contributed by atoms with van der Waals surface area (Å²) in [5.74, 6) is 0.671. The van der Waals surface area contributed by atoms with Crippen LogP contribution in [0.2, 0.25) is 0 Å². The number of nitrogens with zero attached hydrogens (tertiary/aromatic N) is 4. The summed E-state index contributed by atoms with van der Waals surface area (Å²) in [6, 6.07) is 6.53. The molecule has 2 aromatic rings. The van der Waals surface area contributed by atoms with Gasteiger partial charge in [-0.05, 0) is 37.5 Å². The van der Waals surface area contributed by atoms with Crippen molar-refractivity contribution in [3.8, 4) is 0 Å². The number of imidazole rings is 1. The Bertz CT molecular complexity index is 723. The van der Waals surface area contributed by atoms with Crippen LogP contribution >= 0.6 is 0 Å². The van der Waals surface area contributed by atoms with Crippen molar-refractivity contribution < 1.29 is 9.18 Å². The van der Waals surface area contributed by atoms with Crippen molar-refractivity contribution in [1.29, 1.82) is 0 Å². The lowest BCUT2D eigenvalue weighted by molar-refractivity contribution is 0.163. The zero-order chi connectivity index (χ0) is 17.3. The van der Waals surface area contributed by atoms with E-state index in [1.165, 1.54) is 12.1 Å². The third-order valence-corrected chi connectivity index (χ3v) is 4.52. The van der Waals surface area contributed by atoms with E-state index in [1.54, 1.807) is 31.1 Å². The molecule has 1 fully saturated rings. The summed E-state index contributed by atoms with van der Waals surface area (Å²) >= 11 is 0. The SMILES string of the molecule is Cc1cnc(C2CCCN2C(=O)N(C)C)n1Cc1ccc(F)cc1. The van der Waals surface area contributed by atoms with Gasteiger partial charge in [-0.1, -0.05) is 12.1 Å². The van der Waals surface area contributed by atoms with Gasteiger partial charge in [-0.3, -0.25) is 0 Å². The van der Waals surface area contributed by atoms with Gasteiger partial charge in [-0.2, -0.15) is 0 Å². The number of carbonyl (C=O) groups excluding carboxylic acids is 1. The van der Waals surface area contributed by atoms with Crippen molar-refractivity contribution in [2.45, 2.75) is 32.4 Å². The molecule has 1 aromatic carbocycles. The Balaban J connectivity index is 1.89. The normalized spacial score (nSPS) is 17.3. The molecular formula is C18H23FN4O. The molecule has 1 aliphatic rings. The summed E-state index contributed by atoms with van der Waals surface area (Å²) in [7, 11) is 3.54. The van der Waals surface area contributed by atoms with Crippen LogP contribution in [0, 0.1) is 12.7 Å². The maximum atomic E-state index is 13.1. The minimum Gasteiger partial charge on any atom is -0.331 e. The van der Waals surface area contributed by atoms with E-state index in [4.69, 9.17) is 0 Å². The standard InChI is InChI=1S/C18H23FN4O/c1-13-11-20-17(16-5-4-10-22(16)18(24)21(2)3)23(13)12-14-6-8-15(19)9-7-14/h6-9,11,16H,4-5,10,12H2,1-3H3. The average Bonchev–Trinajstić information content (AvgIpc) is 3.16. The molecule has 0 aliphatic carbocycles. The zero-order valence-electron chi connectivity index (χ0n) is 14.4. The molecule has 6 heteroatoms. The number of hydrogen-bond donors (Lipinski definition) is 0. The van der Waals surface area contributed by atoms with Crippen molar-refractivity contribution in [2.75, 3.05) is 20.6 Å². The number of hydrogen-bond acceptors (Lipinski definition) is 2. The number of aromatic nitrogens is 2. The van der Waals surface area contributed by atoms with E-state index in [-0.39, 0.29) is 17.9 Å². The van der Waals surface area contributed by atoms with Gasteiger partial charge >= 0.3 is 6.03 Å². The quantitative estimate of drug-likeness (QED) is 0.867. The molecule has 0 saturated carbocycles. The van der Waals surface area contributed by atoms with Crippen LogP contribution in [0.3, 0.4) is 0 Å². The van der Waals surface area contributed by atoms with Crippen molar-refractivity contribution >= 4 is 6.03 Å². The minimum absolute atomic E-state index is 0.00551. The molecule has 1 saturated heterocycles. The van der Waals surface area contributed by atoms with Crippen LogP contribution in [-0.4, -0.2) is 46.0 Å². The molecule has 1 aromatic heterocycles. The Morgan fingerprint density at radius 3 is 2.71 bits per heavy atom. The summed E-state index contributed by atoms with van der Waals surface area (Å²) in [4.78, 5) is 20.5. The molecule has 0 N–H and O–H groups in total. The number of amides is 2. The van der Waals surface area contributed by atoms with E-state index in [0.717, 1.165) is 36.5 Å². The van der Waals surface area contributed by atoms with Gasteiger partial charge in [-0.25, -0.2) is 14.2 Å². The lowest BCUT2D eigenvalue weighted by Gasteiger charge is -2.28. The number of benzene rings is 1. The first-order chi connectivity index (χ1) is 11.5.